The maximum absolute atomic E-state index is 12.3. The molecule has 90 valence electrons. The lowest BCUT2D eigenvalue weighted by atomic mass is 10.3. The fourth-order valence-electron chi connectivity index (χ4n) is 1.64. The summed E-state index contributed by atoms with van der Waals surface area (Å²) in [6, 6.07) is 3.10. The van der Waals surface area contributed by atoms with Crippen LogP contribution in [0.3, 0.4) is 0 Å². The van der Waals surface area contributed by atoms with Gasteiger partial charge in [0, 0.05) is 26.2 Å². The van der Waals surface area contributed by atoms with Gasteiger partial charge >= 0.3 is 0 Å². The van der Waals surface area contributed by atoms with Crippen molar-refractivity contribution in [1.29, 1.82) is 0 Å². The summed E-state index contributed by atoms with van der Waals surface area (Å²) < 4.78 is 24.5. The number of nitrogens with one attached hydrogen (secondary N) is 1. The maximum atomic E-state index is 12.3. The summed E-state index contributed by atoms with van der Waals surface area (Å²) in [5.74, 6) is 0. The van der Waals surface area contributed by atoms with Crippen LogP contribution >= 0.6 is 12.4 Å². The molecule has 0 aliphatic carbocycles. The van der Waals surface area contributed by atoms with Crippen molar-refractivity contribution in [2.24, 2.45) is 0 Å². The minimum absolute atomic E-state index is 0. The molecule has 16 heavy (non-hydrogen) atoms. The highest BCUT2D eigenvalue weighted by Crippen LogP contribution is 2.19. The highest BCUT2D eigenvalue weighted by molar-refractivity contribution is 5.85. The summed E-state index contributed by atoms with van der Waals surface area (Å²) >= 11 is 0. The summed E-state index contributed by atoms with van der Waals surface area (Å²) in [6.45, 7) is 3.65. The smallest absolute Gasteiger partial charge is 0.280 e. The Kier molecular flexibility index (Phi) is 4.89. The van der Waals surface area contributed by atoms with Crippen LogP contribution in [0.25, 0.3) is 0 Å². The zero-order valence-corrected chi connectivity index (χ0v) is 9.51. The fourth-order valence-corrected chi connectivity index (χ4v) is 1.64. The summed E-state index contributed by atoms with van der Waals surface area (Å²) in [6.07, 6.45) is -0.964. The first-order valence-electron chi connectivity index (χ1n) is 4.97. The van der Waals surface area contributed by atoms with Crippen molar-refractivity contribution < 1.29 is 8.78 Å². The summed E-state index contributed by atoms with van der Waals surface area (Å²) in [5.41, 5.74) is 0.759. The normalized spacial score (nSPS) is 16.1. The second kappa shape index (κ2) is 5.96. The zero-order chi connectivity index (χ0) is 10.7. The van der Waals surface area contributed by atoms with E-state index in [-0.39, 0.29) is 18.1 Å². The molecular formula is C10H14ClF2N3. The van der Waals surface area contributed by atoms with Crippen LogP contribution in [0.4, 0.5) is 14.5 Å². The van der Waals surface area contributed by atoms with Gasteiger partial charge < -0.3 is 10.2 Å². The highest BCUT2D eigenvalue weighted by Gasteiger charge is 2.12. The number of alkyl halides is 2. The molecule has 2 rings (SSSR count). The Morgan fingerprint density at radius 3 is 2.44 bits per heavy atom. The predicted octanol–water partition coefficient (Wildman–Crippen LogP) is 1.85. The molecule has 1 fully saturated rings. The first kappa shape index (κ1) is 13.1. The molecule has 1 aliphatic rings. The second-order valence-electron chi connectivity index (χ2n) is 3.48. The number of piperazine rings is 1. The van der Waals surface area contributed by atoms with Crippen molar-refractivity contribution in [2.45, 2.75) is 6.43 Å². The van der Waals surface area contributed by atoms with E-state index in [1.807, 2.05) is 0 Å². The quantitative estimate of drug-likeness (QED) is 0.867. The maximum Gasteiger partial charge on any atom is 0.280 e. The molecule has 1 saturated heterocycles. The molecule has 2 heterocycles. The van der Waals surface area contributed by atoms with Gasteiger partial charge in [0.1, 0.15) is 5.69 Å². The summed E-state index contributed by atoms with van der Waals surface area (Å²) in [4.78, 5) is 5.88. The first-order valence-corrected chi connectivity index (χ1v) is 4.97. The van der Waals surface area contributed by atoms with Crippen LogP contribution in [0, 0.1) is 0 Å². The summed E-state index contributed by atoms with van der Waals surface area (Å²) in [5, 5.41) is 3.23. The van der Waals surface area contributed by atoms with E-state index in [0.29, 0.717) is 0 Å². The average molecular weight is 250 g/mol. The Balaban J connectivity index is 0.00000128. The number of aromatic nitrogens is 1. The molecule has 6 heteroatoms. The Bertz CT molecular complexity index is 312. The van der Waals surface area contributed by atoms with Gasteiger partial charge in [-0.1, -0.05) is 0 Å². The number of halogens is 3. The minimum Gasteiger partial charge on any atom is -0.368 e. The van der Waals surface area contributed by atoms with Crippen LogP contribution in [0.15, 0.2) is 18.3 Å². The van der Waals surface area contributed by atoms with Gasteiger partial charge in [-0.3, -0.25) is 4.98 Å². The van der Waals surface area contributed by atoms with Gasteiger partial charge in [-0.25, -0.2) is 8.78 Å². The Morgan fingerprint density at radius 2 is 1.94 bits per heavy atom. The molecule has 0 spiro atoms. The third-order valence-electron chi connectivity index (χ3n) is 2.48. The highest BCUT2D eigenvalue weighted by atomic mass is 35.5. The fraction of sp³-hybridized carbons (Fsp3) is 0.500. The average Bonchev–Trinajstić information content (AvgIpc) is 2.30. The van der Waals surface area contributed by atoms with E-state index in [2.05, 4.69) is 15.2 Å². The minimum atomic E-state index is -2.48. The van der Waals surface area contributed by atoms with Crippen molar-refractivity contribution in [2.75, 3.05) is 31.1 Å². The van der Waals surface area contributed by atoms with Crippen LogP contribution < -0.4 is 10.2 Å². The Morgan fingerprint density at radius 1 is 1.25 bits per heavy atom. The molecule has 0 unspecified atom stereocenters. The number of nitrogens with zero attached hydrogens (tertiary/aromatic N) is 2. The van der Waals surface area contributed by atoms with Crippen LogP contribution in [-0.4, -0.2) is 31.2 Å². The van der Waals surface area contributed by atoms with E-state index in [9.17, 15) is 8.78 Å². The molecule has 0 radical (unpaired) electrons. The third-order valence-corrected chi connectivity index (χ3v) is 2.48. The molecule has 1 N–H and O–H groups in total. The number of rotatable bonds is 2. The molecule has 1 aromatic heterocycles. The van der Waals surface area contributed by atoms with Crippen LogP contribution in [0.5, 0.6) is 0 Å². The van der Waals surface area contributed by atoms with E-state index in [0.717, 1.165) is 31.9 Å². The predicted molar refractivity (Wildman–Crippen MR) is 61.5 cm³/mol. The number of hydrogen-bond donors (Lipinski definition) is 1. The van der Waals surface area contributed by atoms with Gasteiger partial charge in [-0.2, -0.15) is 0 Å². The van der Waals surface area contributed by atoms with Crippen LogP contribution in [-0.2, 0) is 0 Å². The van der Waals surface area contributed by atoms with Gasteiger partial charge in [-0.15, -0.1) is 12.4 Å². The molecule has 0 amide bonds. The molecule has 3 nitrogen and oxygen atoms in total. The molecule has 0 bridgehead atoms. The number of pyridine rings is 1. The van der Waals surface area contributed by atoms with Crippen molar-refractivity contribution >= 4 is 18.1 Å². The van der Waals surface area contributed by atoms with Gasteiger partial charge in [0.25, 0.3) is 6.43 Å². The number of hydrogen-bond acceptors (Lipinski definition) is 3. The standard InChI is InChI=1S/C10H13F2N3.ClH/c11-10(12)9-2-1-8(7-14-9)15-5-3-13-4-6-15;/h1-2,7,10,13H,3-6H2;1H. The molecule has 1 aliphatic heterocycles. The van der Waals surface area contributed by atoms with Crippen molar-refractivity contribution in [3.05, 3.63) is 24.0 Å². The molecule has 0 aromatic carbocycles. The van der Waals surface area contributed by atoms with Gasteiger partial charge in [0.05, 0.1) is 11.9 Å². The monoisotopic (exact) mass is 249 g/mol. The Labute approximate surface area is 99.3 Å². The van der Waals surface area contributed by atoms with Gasteiger partial charge in [0.15, 0.2) is 0 Å². The van der Waals surface area contributed by atoms with E-state index >= 15 is 0 Å². The van der Waals surface area contributed by atoms with Crippen molar-refractivity contribution in [1.82, 2.24) is 10.3 Å². The largest absolute Gasteiger partial charge is 0.368 e. The molecule has 1 aromatic rings. The van der Waals surface area contributed by atoms with E-state index < -0.39 is 6.43 Å². The van der Waals surface area contributed by atoms with Gasteiger partial charge in [-0.05, 0) is 12.1 Å². The zero-order valence-electron chi connectivity index (χ0n) is 8.70. The topological polar surface area (TPSA) is 28.2 Å². The molecule has 0 atom stereocenters. The van der Waals surface area contributed by atoms with Crippen molar-refractivity contribution in [3.63, 3.8) is 0 Å². The molecule has 0 saturated carbocycles. The van der Waals surface area contributed by atoms with Crippen molar-refractivity contribution in [3.8, 4) is 0 Å². The van der Waals surface area contributed by atoms with Crippen LogP contribution in [0.2, 0.25) is 0 Å². The Hall–Kier alpha value is -0.940. The number of anilines is 1. The molecular weight excluding hydrogens is 236 g/mol. The first-order chi connectivity index (χ1) is 7.27. The summed E-state index contributed by atoms with van der Waals surface area (Å²) in [7, 11) is 0. The lowest BCUT2D eigenvalue weighted by Crippen LogP contribution is -2.43. The second-order valence-corrected chi connectivity index (χ2v) is 3.48. The SMILES string of the molecule is Cl.FC(F)c1ccc(N2CCNCC2)cn1. The lowest BCUT2D eigenvalue weighted by molar-refractivity contribution is 0.146. The van der Waals surface area contributed by atoms with Gasteiger partial charge in [0.2, 0.25) is 0 Å². The third kappa shape index (κ3) is 3.02. The van der Waals surface area contributed by atoms with Crippen LogP contribution in [0.1, 0.15) is 12.1 Å². The van der Waals surface area contributed by atoms with E-state index in [4.69, 9.17) is 0 Å². The lowest BCUT2D eigenvalue weighted by Gasteiger charge is -2.29. The van der Waals surface area contributed by atoms with E-state index in [1.165, 1.54) is 12.3 Å². The van der Waals surface area contributed by atoms with E-state index in [1.54, 1.807) is 6.07 Å².